The van der Waals surface area contributed by atoms with E-state index in [1.807, 2.05) is 12.1 Å². The van der Waals surface area contributed by atoms with Crippen LogP contribution in [0.1, 0.15) is 40.7 Å². The maximum absolute atomic E-state index is 13.2. The summed E-state index contributed by atoms with van der Waals surface area (Å²) < 4.78 is 10.7. The van der Waals surface area contributed by atoms with Gasteiger partial charge in [-0.2, -0.15) is 0 Å². The van der Waals surface area contributed by atoms with Gasteiger partial charge in [0.25, 0.3) is 0 Å². The monoisotopic (exact) mass is 407 g/mol. The van der Waals surface area contributed by atoms with Crippen LogP contribution < -0.4 is 9.47 Å². The molecule has 5 heteroatoms. The van der Waals surface area contributed by atoms with Crippen LogP contribution in [-0.2, 0) is 6.54 Å². The molecule has 1 heterocycles. The SMILES string of the molecule is COc1ccc(C(=O)C2CCCN(Cc3ccc(C#CCCO)cc3)C2)c(OC)c1. The zero-order chi connectivity index (χ0) is 21.3. The Bertz CT molecular complexity index is 911. The lowest BCUT2D eigenvalue weighted by molar-refractivity contribution is 0.0808. The van der Waals surface area contributed by atoms with Gasteiger partial charge in [0, 0.05) is 37.1 Å². The molecule has 0 saturated carbocycles. The number of Topliss-reactive ketones (excluding diaryl/α,β-unsaturated/α-hetero) is 1. The molecule has 1 saturated heterocycles. The highest BCUT2D eigenvalue weighted by Crippen LogP contribution is 2.30. The number of carbonyl (C=O) groups excluding carboxylic acids is 1. The van der Waals surface area contributed by atoms with E-state index < -0.39 is 0 Å². The first-order valence-corrected chi connectivity index (χ1v) is 10.3. The largest absolute Gasteiger partial charge is 0.497 e. The van der Waals surface area contributed by atoms with Crippen LogP contribution in [0.15, 0.2) is 42.5 Å². The van der Waals surface area contributed by atoms with Crippen LogP contribution in [-0.4, -0.2) is 49.7 Å². The molecule has 1 N–H and O–H groups in total. The molecule has 3 rings (SSSR count). The van der Waals surface area contributed by atoms with E-state index in [4.69, 9.17) is 14.6 Å². The lowest BCUT2D eigenvalue weighted by Crippen LogP contribution is -2.38. The lowest BCUT2D eigenvalue weighted by atomic mass is 9.89. The summed E-state index contributed by atoms with van der Waals surface area (Å²) in [6.07, 6.45) is 2.38. The number of hydrogen-bond donors (Lipinski definition) is 1. The topological polar surface area (TPSA) is 59.0 Å². The van der Waals surface area contributed by atoms with Crippen LogP contribution in [0.5, 0.6) is 11.5 Å². The number of hydrogen-bond acceptors (Lipinski definition) is 5. The highest BCUT2D eigenvalue weighted by Gasteiger charge is 2.28. The summed E-state index contributed by atoms with van der Waals surface area (Å²) in [6, 6.07) is 13.6. The Hall–Kier alpha value is -2.81. The van der Waals surface area contributed by atoms with E-state index in [-0.39, 0.29) is 18.3 Å². The molecule has 2 aromatic carbocycles. The molecule has 158 valence electrons. The van der Waals surface area contributed by atoms with E-state index in [0.717, 1.165) is 38.0 Å². The second-order valence-corrected chi connectivity index (χ2v) is 7.48. The van der Waals surface area contributed by atoms with Gasteiger partial charge in [0.2, 0.25) is 0 Å². The summed E-state index contributed by atoms with van der Waals surface area (Å²) in [6.45, 7) is 2.63. The van der Waals surface area contributed by atoms with Crippen molar-refractivity contribution in [3.05, 3.63) is 59.2 Å². The summed E-state index contributed by atoms with van der Waals surface area (Å²) in [7, 11) is 3.18. The Morgan fingerprint density at radius 3 is 2.67 bits per heavy atom. The first-order chi connectivity index (χ1) is 14.6. The van der Waals surface area contributed by atoms with Crippen LogP contribution in [0.25, 0.3) is 0 Å². The third-order valence-electron chi connectivity index (χ3n) is 5.38. The third kappa shape index (κ3) is 5.63. The molecule has 1 unspecified atom stereocenters. The number of ether oxygens (including phenoxy) is 2. The summed E-state index contributed by atoms with van der Waals surface area (Å²) in [5.41, 5.74) is 2.78. The van der Waals surface area contributed by atoms with Crippen LogP contribution in [0, 0.1) is 17.8 Å². The highest BCUT2D eigenvalue weighted by molar-refractivity contribution is 6.00. The van der Waals surface area contributed by atoms with Gasteiger partial charge in [-0.05, 0) is 49.2 Å². The molecule has 0 aromatic heterocycles. The van der Waals surface area contributed by atoms with Gasteiger partial charge in [-0.15, -0.1) is 0 Å². The van der Waals surface area contributed by atoms with Gasteiger partial charge in [0.05, 0.1) is 26.4 Å². The number of likely N-dealkylation sites (tertiary alicyclic amines) is 1. The van der Waals surface area contributed by atoms with Crippen molar-refractivity contribution >= 4 is 5.78 Å². The molecule has 30 heavy (non-hydrogen) atoms. The first kappa shape index (κ1) is 21.9. The van der Waals surface area contributed by atoms with Crippen molar-refractivity contribution < 1.29 is 19.4 Å². The van der Waals surface area contributed by atoms with Gasteiger partial charge < -0.3 is 14.6 Å². The molecule has 1 atom stereocenters. The summed E-state index contributed by atoms with van der Waals surface area (Å²) in [4.78, 5) is 15.5. The number of carbonyl (C=O) groups is 1. The fraction of sp³-hybridized carbons (Fsp3) is 0.400. The number of aliphatic hydroxyl groups excluding tert-OH is 1. The molecular formula is C25H29NO4. The first-order valence-electron chi connectivity index (χ1n) is 10.3. The average Bonchev–Trinajstić information content (AvgIpc) is 2.79. The molecule has 0 radical (unpaired) electrons. The summed E-state index contributed by atoms with van der Waals surface area (Å²) in [5.74, 6) is 7.32. The minimum atomic E-state index is -0.0373. The standard InChI is InChI=1S/C25H29NO4/c1-29-22-12-13-23(24(16-22)30-2)25(28)21-7-5-14-26(18-21)17-20-10-8-19(9-11-20)6-3-4-15-27/h8-13,16,21,27H,4-5,7,14-15,17-18H2,1-2H3. The molecule has 1 aliphatic heterocycles. The average molecular weight is 408 g/mol. The Morgan fingerprint density at radius 1 is 1.17 bits per heavy atom. The molecule has 0 aliphatic carbocycles. The number of ketones is 1. The second-order valence-electron chi connectivity index (χ2n) is 7.48. The second kappa shape index (κ2) is 10.8. The predicted octanol–water partition coefficient (Wildman–Crippen LogP) is 3.53. The third-order valence-corrected chi connectivity index (χ3v) is 5.38. The Kier molecular flexibility index (Phi) is 7.89. The number of rotatable bonds is 7. The van der Waals surface area contributed by atoms with Gasteiger partial charge in [-0.25, -0.2) is 0 Å². The number of benzene rings is 2. The summed E-state index contributed by atoms with van der Waals surface area (Å²) >= 11 is 0. The molecule has 0 spiro atoms. The summed E-state index contributed by atoms with van der Waals surface area (Å²) in [5, 5.41) is 8.81. The quantitative estimate of drug-likeness (QED) is 0.562. The van der Waals surface area contributed by atoms with Gasteiger partial charge in [0.15, 0.2) is 5.78 Å². The molecule has 0 bridgehead atoms. The van der Waals surface area contributed by atoms with E-state index >= 15 is 0 Å². The van der Waals surface area contributed by atoms with Crippen LogP contribution >= 0.6 is 0 Å². The molecule has 0 amide bonds. The zero-order valence-electron chi connectivity index (χ0n) is 17.7. The lowest BCUT2D eigenvalue weighted by Gasteiger charge is -2.32. The normalized spacial score (nSPS) is 16.4. The number of piperidine rings is 1. The van der Waals surface area contributed by atoms with Crippen LogP contribution in [0.2, 0.25) is 0 Å². The van der Waals surface area contributed by atoms with Crippen LogP contribution in [0.3, 0.4) is 0 Å². The fourth-order valence-electron chi connectivity index (χ4n) is 3.81. The van der Waals surface area contributed by atoms with Crippen molar-refractivity contribution in [3.63, 3.8) is 0 Å². The molecule has 2 aromatic rings. The molecule has 1 fully saturated rings. The number of nitrogens with zero attached hydrogens (tertiary/aromatic N) is 1. The zero-order valence-corrected chi connectivity index (χ0v) is 17.7. The molecule has 5 nitrogen and oxygen atoms in total. The van der Waals surface area contributed by atoms with Gasteiger partial charge >= 0.3 is 0 Å². The van der Waals surface area contributed by atoms with Crippen molar-refractivity contribution in [1.82, 2.24) is 4.90 Å². The predicted molar refractivity (Wildman–Crippen MR) is 117 cm³/mol. The fourth-order valence-corrected chi connectivity index (χ4v) is 3.81. The van der Waals surface area contributed by atoms with Crippen molar-refractivity contribution in [2.75, 3.05) is 33.9 Å². The van der Waals surface area contributed by atoms with Gasteiger partial charge in [-0.1, -0.05) is 24.0 Å². The van der Waals surface area contributed by atoms with Crippen LogP contribution in [0.4, 0.5) is 0 Å². The number of methoxy groups -OCH3 is 2. The smallest absolute Gasteiger partial charge is 0.170 e. The van der Waals surface area contributed by atoms with Crippen molar-refractivity contribution in [2.24, 2.45) is 5.92 Å². The maximum atomic E-state index is 13.2. The van der Waals surface area contributed by atoms with Crippen molar-refractivity contribution in [3.8, 4) is 23.3 Å². The van der Waals surface area contributed by atoms with Gasteiger partial charge in [0.1, 0.15) is 11.5 Å². The van der Waals surface area contributed by atoms with Crippen molar-refractivity contribution in [2.45, 2.75) is 25.8 Å². The highest BCUT2D eigenvalue weighted by atomic mass is 16.5. The van der Waals surface area contributed by atoms with E-state index in [1.165, 1.54) is 5.56 Å². The number of aliphatic hydroxyl groups is 1. The Labute approximate surface area is 178 Å². The minimum Gasteiger partial charge on any atom is -0.497 e. The van der Waals surface area contributed by atoms with E-state index in [9.17, 15) is 4.79 Å². The van der Waals surface area contributed by atoms with E-state index in [0.29, 0.717) is 23.5 Å². The Balaban J connectivity index is 1.64. The minimum absolute atomic E-state index is 0.0373. The molecule has 1 aliphatic rings. The van der Waals surface area contributed by atoms with Gasteiger partial charge in [-0.3, -0.25) is 9.69 Å². The van der Waals surface area contributed by atoms with Crippen molar-refractivity contribution in [1.29, 1.82) is 0 Å². The van der Waals surface area contributed by atoms with E-state index in [1.54, 1.807) is 32.4 Å². The maximum Gasteiger partial charge on any atom is 0.170 e. The van der Waals surface area contributed by atoms with E-state index in [2.05, 4.69) is 28.9 Å². The molecular weight excluding hydrogens is 378 g/mol. The Morgan fingerprint density at radius 2 is 1.97 bits per heavy atom.